The van der Waals surface area contributed by atoms with Gasteiger partial charge in [-0.05, 0) is 61.8 Å². The zero-order chi connectivity index (χ0) is 27.3. The summed E-state index contributed by atoms with van der Waals surface area (Å²) in [4.78, 5) is 23.3. The van der Waals surface area contributed by atoms with Crippen LogP contribution in [0.4, 0.5) is 0 Å². The summed E-state index contributed by atoms with van der Waals surface area (Å²) < 4.78 is 11.6. The molecule has 8 heteroatoms. The number of hydrogen-bond acceptors (Lipinski definition) is 6. The fraction of sp³-hybridized carbons (Fsp3) is 0.333. The minimum Gasteiger partial charge on any atom is -0.493 e. The number of hydrogen-bond donors (Lipinski definition) is 2. The molecule has 3 aromatic carbocycles. The lowest BCUT2D eigenvalue weighted by atomic mass is 10.0. The second-order valence-corrected chi connectivity index (χ2v) is 9.28. The van der Waals surface area contributed by atoms with Gasteiger partial charge in [0.15, 0.2) is 11.5 Å². The number of methoxy groups -OCH3 is 1. The molecule has 1 saturated heterocycles. The third-order valence-electron chi connectivity index (χ3n) is 6.51. The van der Waals surface area contributed by atoms with Gasteiger partial charge >= 0.3 is 11.9 Å². The summed E-state index contributed by atoms with van der Waals surface area (Å²) in [7, 11) is 3.95. The smallest absolute Gasteiger partial charge is 0.414 e. The molecule has 0 amide bonds. The second kappa shape index (κ2) is 14.8. The Morgan fingerprint density at radius 2 is 1.42 bits per heavy atom. The number of carboxylic acid groups (broad SMARTS) is 2. The van der Waals surface area contributed by atoms with E-state index in [1.54, 1.807) is 7.11 Å². The van der Waals surface area contributed by atoms with Crippen molar-refractivity contribution in [1.29, 1.82) is 0 Å². The van der Waals surface area contributed by atoms with E-state index in [1.165, 1.54) is 24.0 Å². The molecule has 1 aliphatic heterocycles. The second-order valence-electron chi connectivity index (χ2n) is 9.28. The van der Waals surface area contributed by atoms with Crippen molar-refractivity contribution in [2.24, 2.45) is 0 Å². The lowest BCUT2D eigenvalue weighted by molar-refractivity contribution is -0.159. The zero-order valence-corrected chi connectivity index (χ0v) is 22.0. The number of nitrogens with zero attached hydrogens (tertiary/aromatic N) is 2. The number of carboxylic acids is 2. The van der Waals surface area contributed by atoms with E-state index in [4.69, 9.17) is 29.3 Å². The molecule has 2 N–H and O–H groups in total. The highest BCUT2D eigenvalue weighted by atomic mass is 16.5. The maximum atomic E-state index is 9.10. The summed E-state index contributed by atoms with van der Waals surface area (Å²) in [6.07, 6.45) is 2.41. The van der Waals surface area contributed by atoms with E-state index in [0.717, 1.165) is 43.2 Å². The first kappa shape index (κ1) is 28.7. The SMILES string of the molecule is COc1ccc(CN2CCC(N(C)Cc3ccccc3)CC2)cc1OCc1ccccc1.O=C(O)C(=O)O. The Hall–Kier alpha value is -3.88. The van der Waals surface area contributed by atoms with Crippen LogP contribution in [-0.4, -0.2) is 65.2 Å². The normalized spacial score (nSPS) is 13.9. The van der Waals surface area contributed by atoms with Gasteiger partial charge in [-0.3, -0.25) is 9.80 Å². The van der Waals surface area contributed by atoms with Crippen LogP contribution in [-0.2, 0) is 29.3 Å². The van der Waals surface area contributed by atoms with Gasteiger partial charge in [0.2, 0.25) is 0 Å². The summed E-state index contributed by atoms with van der Waals surface area (Å²) in [6, 6.07) is 28.0. The molecule has 0 radical (unpaired) electrons. The highest BCUT2D eigenvalue weighted by Crippen LogP contribution is 2.30. The van der Waals surface area contributed by atoms with Gasteiger partial charge in [0.1, 0.15) is 6.61 Å². The van der Waals surface area contributed by atoms with Crippen molar-refractivity contribution in [3.05, 3.63) is 95.6 Å². The van der Waals surface area contributed by atoms with Crippen molar-refractivity contribution in [3.63, 3.8) is 0 Å². The Bertz CT molecular complexity index is 1140. The molecule has 0 bridgehead atoms. The Morgan fingerprint density at radius 1 is 0.842 bits per heavy atom. The van der Waals surface area contributed by atoms with Gasteiger partial charge in [0, 0.05) is 19.1 Å². The van der Waals surface area contributed by atoms with Gasteiger partial charge in [-0.15, -0.1) is 0 Å². The number of aliphatic carboxylic acids is 2. The highest BCUT2D eigenvalue weighted by molar-refractivity contribution is 6.27. The van der Waals surface area contributed by atoms with Crippen molar-refractivity contribution in [1.82, 2.24) is 9.80 Å². The number of benzene rings is 3. The molecule has 0 spiro atoms. The predicted molar refractivity (Wildman–Crippen MR) is 145 cm³/mol. The van der Waals surface area contributed by atoms with Gasteiger partial charge in [-0.25, -0.2) is 9.59 Å². The number of ether oxygens (including phenoxy) is 2. The standard InChI is InChI=1S/C28H34N2O2.C2H2O4/c1-29(20-23-9-5-3-6-10-23)26-15-17-30(18-16-26)21-25-13-14-27(31-2)28(19-25)32-22-24-11-7-4-8-12-24;3-1(4)2(5)6/h3-14,19,26H,15-18,20-22H2,1-2H3;(H,3,4)(H,5,6). The minimum atomic E-state index is -1.82. The van der Waals surface area contributed by atoms with Crippen LogP contribution in [0.25, 0.3) is 0 Å². The van der Waals surface area contributed by atoms with Crippen molar-refractivity contribution in [2.45, 2.75) is 38.6 Å². The molecule has 3 aromatic rings. The first-order valence-corrected chi connectivity index (χ1v) is 12.6. The molecule has 1 aliphatic rings. The molecule has 0 atom stereocenters. The van der Waals surface area contributed by atoms with Crippen LogP contribution in [0.3, 0.4) is 0 Å². The Labute approximate surface area is 224 Å². The molecule has 0 aromatic heterocycles. The van der Waals surface area contributed by atoms with Crippen LogP contribution in [0, 0.1) is 0 Å². The minimum absolute atomic E-state index is 0.541. The first-order valence-electron chi connectivity index (χ1n) is 12.6. The molecule has 1 heterocycles. The summed E-state index contributed by atoms with van der Waals surface area (Å²) in [5, 5.41) is 14.8. The number of likely N-dealkylation sites (tertiary alicyclic amines) is 1. The highest BCUT2D eigenvalue weighted by Gasteiger charge is 2.23. The first-order chi connectivity index (χ1) is 18.4. The molecular weight excluding hydrogens is 484 g/mol. The molecule has 8 nitrogen and oxygen atoms in total. The molecule has 0 aliphatic carbocycles. The third kappa shape index (κ3) is 9.21. The fourth-order valence-electron chi connectivity index (χ4n) is 4.44. The lowest BCUT2D eigenvalue weighted by Crippen LogP contribution is -2.42. The Morgan fingerprint density at radius 3 is 1.97 bits per heavy atom. The van der Waals surface area contributed by atoms with Crippen LogP contribution in [0.15, 0.2) is 78.9 Å². The molecule has 1 fully saturated rings. The van der Waals surface area contributed by atoms with E-state index in [1.807, 2.05) is 24.3 Å². The molecule has 4 rings (SSSR count). The van der Waals surface area contributed by atoms with E-state index >= 15 is 0 Å². The third-order valence-corrected chi connectivity index (χ3v) is 6.51. The van der Waals surface area contributed by atoms with E-state index < -0.39 is 11.9 Å². The van der Waals surface area contributed by atoms with Crippen LogP contribution in [0.1, 0.15) is 29.5 Å². The topological polar surface area (TPSA) is 99.5 Å². The van der Waals surface area contributed by atoms with Crippen LogP contribution < -0.4 is 9.47 Å². The largest absolute Gasteiger partial charge is 0.493 e. The fourth-order valence-corrected chi connectivity index (χ4v) is 4.44. The molecular formula is C30H36N2O6. The molecule has 0 unspecified atom stereocenters. The quantitative estimate of drug-likeness (QED) is 0.397. The van der Waals surface area contributed by atoms with Gasteiger partial charge in [0.25, 0.3) is 0 Å². The maximum Gasteiger partial charge on any atom is 0.414 e. The summed E-state index contributed by atoms with van der Waals surface area (Å²) in [6.45, 7) is 4.75. The van der Waals surface area contributed by atoms with E-state index in [-0.39, 0.29) is 0 Å². The summed E-state index contributed by atoms with van der Waals surface area (Å²) in [5.74, 6) is -2.05. The Kier molecular flexibility index (Phi) is 11.1. The monoisotopic (exact) mass is 520 g/mol. The average molecular weight is 521 g/mol. The Balaban J connectivity index is 0.000000599. The lowest BCUT2D eigenvalue weighted by Gasteiger charge is -2.37. The van der Waals surface area contributed by atoms with Crippen LogP contribution in [0.5, 0.6) is 11.5 Å². The number of piperidine rings is 1. The molecule has 38 heavy (non-hydrogen) atoms. The van der Waals surface area contributed by atoms with E-state index in [9.17, 15) is 0 Å². The summed E-state index contributed by atoms with van der Waals surface area (Å²) >= 11 is 0. The van der Waals surface area contributed by atoms with Crippen LogP contribution >= 0.6 is 0 Å². The number of carbonyl (C=O) groups is 2. The summed E-state index contributed by atoms with van der Waals surface area (Å²) in [5.41, 5.74) is 3.81. The van der Waals surface area contributed by atoms with Crippen molar-refractivity contribution >= 4 is 11.9 Å². The molecule has 0 saturated carbocycles. The van der Waals surface area contributed by atoms with E-state index in [0.29, 0.717) is 12.6 Å². The van der Waals surface area contributed by atoms with E-state index in [2.05, 4.69) is 71.4 Å². The van der Waals surface area contributed by atoms with Gasteiger partial charge in [0.05, 0.1) is 7.11 Å². The van der Waals surface area contributed by atoms with Crippen molar-refractivity contribution in [3.8, 4) is 11.5 Å². The van der Waals surface area contributed by atoms with Crippen molar-refractivity contribution in [2.75, 3.05) is 27.2 Å². The maximum absolute atomic E-state index is 9.10. The van der Waals surface area contributed by atoms with Crippen LogP contribution in [0.2, 0.25) is 0 Å². The zero-order valence-electron chi connectivity index (χ0n) is 22.0. The van der Waals surface area contributed by atoms with Crippen molar-refractivity contribution < 1.29 is 29.3 Å². The average Bonchev–Trinajstić information content (AvgIpc) is 2.94. The molecule has 202 valence electrons. The van der Waals surface area contributed by atoms with Gasteiger partial charge in [-0.2, -0.15) is 0 Å². The van der Waals surface area contributed by atoms with Gasteiger partial charge in [-0.1, -0.05) is 66.7 Å². The number of rotatable bonds is 9. The predicted octanol–water partition coefficient (Wildman–Crippen LogP) is 4.53. The van der Waals surface area contributed by atoms with Gasteiger partial charge < -0.3 is 19.7 Å².